The third-order valence-corrected chi connectivity index (χ3v) is 4.08. The Labute approximate surface area is 144 Å². The molecule has 0 spiro atoms. The Hall–Kier alpha value is -2.66. The minimum Gasteiger partial charge on any atom is -0.497 e. The fourth-order valence-electron chi connectivity index (χ4n) is 2.72. The first-order valence-electron chi connectivity index (χ1n) is 8.42. The summed E-state index contributed by atoms with van der Waals surface area (Å²) in [6, 6.07) is 16.1. The lowest BCUT2D eigenvalue weighted by Crippen LogP contribution is -2.09. The van der Waals surface area contributed by atoms with Crippen molar-refractivity contribution >= 4 is 6.08 Å². The highest BCUT2D eigenvalue weighted by atomic mass is 16.5. The lowest BCUT2D eigenvalue weighted by Gasteiger charge is -2.23. The van der Waals surface area contributed by atoms with Crippen LogP contribution in [0.4, 0.5) is 0 Å². The molecule has 122 valence electrons. The summed E-state index contributed by atoms with van der Waals surface area (Å²) in [5.41, 5.74) is 3.31. The average molecular weight is 318 g/mol. The molecule has 1 aliphatic heterocycles. The maximum Gasteiger partial charge on any atom is 0.184 e. The largest absolute Gasteiger partial charge is 0.497 e. The van der Waals surface area contributed by atoms with Crippen LogP contribution in [0.5, 0.6) is 5.75 Å². The lowest BCUT2D eigenvalue weighted by atomic mass is 9.98. The van der Waals surface area contributed by atoms with Crippen molar-refractivity contribution in [1.29, 1.82) is 0 Å². The molecule has 2 heteroatoms. The summed E-state index contributed by atoms with van der Waals surface area (Å²) >= 11 is 0. The van der Waals surface area contributed by atoms with E-state index < -0.39 is 0 Å². The highest BCUT2D eigenvalue weighted by molar-refractivity contribution is 5.59. The van der Waals surface area contributed by atoms with Crippen molar-refractivity contribution in [3.63, 3.8) is 0 Å². The van der Waals surface area contributed by atoms with Crippen LogP contribution in [0.15, 0.2) is 54.3 Å². The predicted molar refractivity (Wildman–Crippen MR) is 97.6 cm³/mol. The highest BCUT2D eigenvalue weighted by Gasteiger charge is 2.19. The van der Waals surface area contributed by atoms with Crippen LogP contribution < -0.4 is 4.74 Å². The first-order chi connectivity index (χ1) is 11.8. The van der Waals surface area contributed by atoms with Crippen LogP contribution >= 0.6 is 0 Å². The van der Waals surface area contributed by atoms with Crippen molar-refractivity contribution in [3.05, 3.63) is 71.0 Å². The highest BCUT2D eigenvalue weighted by Crippen LogP contribution is 2.32. The number of fused-ring (bicyclic) bond motifs is 1. The molecule has 0 saturated carbocycles. The summed E-state index contributed by atoms with van der Waals surface area (Å²) in [5.74, 6) is 8.38. The van der Waals surface area contributed by atoms with Crippen molar-refractivity contribution < 1.29 is 9.47 Å². The second kappa shape index (κ2) is 7.75. The standard InChI is InChI=1S/C22H22O2/c1-3-4-8-20-16-18-7-5-6-9-21(18)22(24-20)15-12-17-10-13-19(23-2)14-11-17/h5-7,9-11,13-14,16,22H,3-4,8H2,1-2H3. The molecule has 2 aromatic rings. The number of hydrogen-bond donors (Lipinski definition) is 0. The van der Waals surface area contributed by atoms with Gasteiger partial charge in [-0.1, -0.05) is 43.5 Å². The minimum absolute atomic E-state index is 0.208. The maximum atomic E-state index is 6.14. The summed E-state index contributed by atoms with van der Waals surface area (Å²) < 4.78 is 11.3. The van der Waals surface area contributed by atoms with E-state index in [9.17, 15) is 0 Å². The van der Waals surface area contributed by atoms with Gasteiger partial charge in [0, 0.05) is 17.5 Å². The Kier molecular flexibility index (Phi) is 5.23. The minimum atomic E-state index is -0.208. The van der Waals surface area contributed by atoms with E-state index in [4.69, 9.17) is 9.47 Å². The molecule has 0 fully saturated rings. The molecule has 1 aliphatic rings. The van der Waals surface area contributed by atoms with E-state index in [0.717, 1.165) is 41.9 Å². The summed E-state index contributed by atoms with van der Waals surface area (Å²) in [5, 5.41) is 0. The normalized spacial score (nSPS) is 15.4. The molecule has 0 radical (unpaired) electrons. The quantitative estimate of drug-likeness (QED) is 0.708. The molecule has 1 atom stereocenters. The molecule has 3 rings (SSSR count). The van der Waals surface area contributed by atoms with Crippen LogP contribution in [0, 0.1) is 11.8 Å². The van der Waals surface area contributed by atoms with Gasteiger partial charge in [0.15, 0.2) is 6.10 Å². The van der Waals surface area contributed by atoms with E-state index in [1.54, 1.807) is 7.11 Å². The molecule has 0 aromatic heterocycles. The van der Waals surface area contributed by atoms with Crippen molar-refractivity contribution in [2.45, 2.75) is 32.3 Å². The number of rotatable bonds is 4. The fraction of sp³-hybridized carbons (Fsp3) is 0.273. The molecule has 0 saturated heterocycles. The third-order valence-electron chi connectivity index (χ3n) is 4.08. The van der Waals surface area contributed by atoms with Crippen LogP contribution in [-0.2, 0) is 4.74 Å². The van der Waals surface area contributed by atoms with E-state index in [2.05, 4.69) is 43.0 Å². The van der Waals surface area contributed by atoms with Crippen molar-refractivity contribution in [3.8, 4) is 17.6 Å². The molecule has 0 N–H and O–H groups in total. The molecule has 0 amide bonds. The van der Waals surface area contributed by atoms with Gasteiger partial charge in [0.1, 0.15) is 5.75 Å². The lowest BCUT2D eigenvalue weighted by molar-refractivity contribution is 0.153. The van der Waals surface area contributed by atoms with Gasteiger partial charge in [-0.15, -0.1) is 0 Å². The number of ether oxygens (including phenoxy) is 2. The first kappa shape index (κ1) is 16.2. The molecule has 1 unspecified atom stereocenters. The van der Waals surface area contributed by atoms with E-state index in [-0.39, 0.29) is 6.10 Å². The van der Waals surface area contributed by atoms with Crippen LogP contribution in [-0.4, -0.2) is 7.11 Å². The Morgan fingerprint density at radius 1 is 1.08 bits per heavy atom. The molecule has 1 heterocycles. The topological polar surface area (TPSA) is 18.5 Å². The predicted octanol–water partition coefficient (Wildman–Crippen LogP) is 5.35. The van der Waals surface area contributed by atoms with E-state index in [1.807, 2.05) is 30.3 Å². The number of allylic oxidation sites excluding steroid dienone is 1. The molecule has 2 aromatic carbocycles. The molecule has 0 bridgehead atoms. The second-order valence-corrected chi connectivity index (χ2v) is 5.84. The van der Waals surface area contributed by atoms with E-state index in [0.29, 0.717) is 0 Å². The number of methoxy groups -OCH3 is 1. The summed E-state index contributed by atoms with van der Waals surface area (Å²) in [6.45, 7) is 2.19. The Morgan fingerprint density at radius 3 is 2.62 bits per heavy atom. The van der Waals surface area contributed by atoms with E-state index >= 15 is 0 Å². The zero-order chi connectivity index (χ0) is 16.8. The molecular formula is C22H22O2. The Bertz CT molecular complexity index is 776. The first-order valence-corrected chi connectivity index (χ1v) is 8.42. The Morgan fingerprint density at radius 2 is 1.88 bits per heavy atom. The van der Waals surface area contributed by atoms with Gasteiger partial charge in [-0.25, -0.2) is 0 Å². The smallest absolute Gasteiger partial charge is 0.184 e. The summed E-state index contributed by atoms with van der Waals surface area (Å²) in [4.78, 5) is 0. The van der Waals surface area contributed by atoms with Gasteiger partial charge in [0.05, 0.1) is 12.9 Å². The van der Waals surface area contributed by atoms with Crippen LogP contribution in [0.2, 0.25) is 0 Å². The van der Waals surface area contributed by atoms with Gasteiger partial charge >= 0.3 is 0 Å². The third kappa shape index (κ3) is 3.81. The number of unbranched alkanes of at least 4 members (excludes halogenated alkanes) is 1. The van der Waals surface area contributed by atoms with Crippen LogP contribution in [0.1, 0.15) is 49.0 Å². The van der Waals surface area contributed by atoms with Gasteiger partial charge in [0.2, 0.25) is 0 Å². The zero-order valence-corrected chi connectivity index (χ0v) is 14.2. The maximum absolute atomic E-state index is 6.14. The van der Waals surface area contributed by atoms with Crippen LogP contribution in [0.25, 0.3) is 6.08 Å². The van der Waals surface area contributed by atoms with Gasteiger partial charge in [-0.2, -0.15) is 0 Å². The van der Waals surface area contributed by atoms with Crippen LogP contribution in [0.3, 0.4) is 0 Å². The van der Waals surface area contributed by atoms with E-state index in [1.165, 1.54) is 5.56 Å². The number of hydrogen-bond acceptors (Lipinski definition) is 2. The average Bonchev–Trinajstić information content (AvgIpc) is 2.64. The van der Waals surface area contributed by atoms with Gasteiger partial charge in [-0.05, 0) is 48.2 Å². The zero-order valence-electron chi connectivity index (χ0n) is 14.2. The van der Waals surface area contributed by atoms with Crippen molar-refractivity contribution in [1.82, 2.24) is 0 Å². The molecule has 0 aliphatic carbocycles. The van der Waals surface area contributed by atoms with Gasteiger partial charge in [0.25, 0.3) is 0 Å². The van der Waals surface area contributed by atoms with Crippen molar-refractivity contribution in [2.75, 3.05) is 7.11 Å². The fourth-order valence-corrected chi connectivity index (χ4v) is 2.72. The van der Waals surface area contributed by atoms with Gasteiger partial charge in [-0.3, -0.25) is 0 Å². The van der Waals surface area contributed by atoms with Gasteiger partial charge < -0.3 is 9.47 Å². The second-order valence-electron chi connectivity index (χ2n) is 5.84. The molecular weight excluding hydrogens is 296 g/mol. The monoisotopic (exact) mass is 318 g/mol. The molecule has 24 heavy (non-hydrogen) atoms. The Balaban J connectivity index is 1.84. The molecule has 2 nitrogen and oxygen atoms in total. The SMILES string of the molecule is CCCCC1=Cc2ccccc2C(C#Cc2ccc(OC)cc2)O1. The number of benzene rings is 2. The van der Waals surface area contributed by atoms with Crippen molar-refractivity contribution in [2.24, 2.45) is 0 Å². The summed E-state index contributed by atoms with van der Waals surface area (Å²) in [6.07, 6.45) is 5.19. The summed E-state index contributed by atoms with van der Waals surface area (Å²) in [7, 11) is 1.66.